The molecule has 280 valence electrons. The van der Waals surface area contributed by atoms with Crippen LogP contribution in [-0.4, -0.2) is 103 Å². The molecule has 3 N–H and O–H groups in total. The first kappa shape index (κ1) is 38.8. The van der Waals surface area contributed by atoms with Crippen molar-refractivity contribution in [1.82, 2.24) is 14.5 Å². The number of amidine groups is 1. The summed E-state index contributed by atoms with van der Waals surface area (Å²) in [6.07, 6.45) is -1.99. The highest BCUT2D eigenvalue weighted by atomic mass is 35.5. The molecule has 2 amide bonds. The van der Waals surface area contributed by atoms with Gasteiger partial charge < -0.3 is 20.1 Å². The number of carbonyl (C=O) groups is 2. The third-order valence-electron chi connectivity index (χ3n) is 9.70. The van der Waals surface area contributed by atoms with Crippen LogP contribution in [0.15, 0.2) is 40.7 Å². The molecule has 3 aliphatic heterocycles. The van der Waals surface area contributed by atoms with Gasteiger partial charge >= 0.3 is 12.1 Å². The lowest BCUT2D eigenvalue weighted by atomic mass is 9.89. The van der Waals surface area contributed by atoms with E-state index in [2.05, 4.69) is 10.3 Å². The van der Waals surface area contributed by atoms with Gasteiger partial charge in [0.2, 0.25) is 0 Å². The van der Waals surface area contributed by atoms with Crippen LogP contribution in [0.4, 0.5) is 22.0 Å². The average Bonchev–Trinajstić information content (AvgIpc) is 3.33. The predicted octanol–water partition coefficient (Wildman–Crippen LogP) is 5.74. The molecule has 2 aromatic rings. The number of ether oxygens (including phenoxy) is 1. The number of nitrogens with one attached hydrogen (secondary N) is 1. The van der Waals surface area contributed by atoms with Gasteiger partial charge in [0.05, 0.1) is 10.6 Å². The fourth-order valence-corrected chi connectivity index (χ4v) is 8.21. The Kier molecular flexibility index (Phi) is 10.0. The van der Waals surface area contributed by atoms with Gasteiger partial charge in [-0.3, -0.25) is 19.1 Å². The molecule has 51 heavy (non-hydrogen) atoms. The largest absolute Gasteiger partial charge is 0.485 e. The van der Waals surface area contributed by atoms with E-state index in [0.29, 0.717) is 37.1 Å². The number of halogens is 6. The van der Waals surface area contributed by atoms with E-state index in [0.717, 1.165) is 17.2 Å². The van der Waals surface area contributed by atoms with Crippen molar-refractivity contribution in [2.24, 2.45) is 4.99 Å². The van der Waals surface area contributed by atoms with E-state index in [-0.39, 0.29) is 48.3 Å². The van der Waals surface area contributed by atoms with E-state index in [1.807, 2.05) is 0 Å². The van der Waals surface area contributed by atoms with Crippen molar-refractivity contribution >= 4 is 44.9 Å². The summed E-state index contributed by atoms with van der Waals surface area (Å²) in [5.41, 5.74) is 0.675. The van der Waals surface area contributed by atoms with Gasteiger partial charge in [0.15, 0.2) is 6.61 Å². The molecule has 2 saturated heterocycles. The highest BCUT2D eigenvalue weighted by Gasteiger charge is 2.58. The van der Waals surface area contributed by atoms with E-state index in [1.165, 1.54) is 28.1 Å². The van der Waals surface area contributed by atoms with Crippen molar-refractivity contribution in [3.8, 4) is 5.75 Å². The Morgan fingerprint density at radius 2 is 1.65 bits per heavy atom. The molecule has 0 saturated carbocycles. The van der Waals surface area contributed by atoms with Crippen LogP contribution < -0.4 is 10.1 Å². The number of carbonyl (C=O) groups excluding carboxylic acids is 2. The molecular formula is C34H40ClF5N4O6S. The third kappa shape index (κ3) is 8.14. The maximum absolute atomic E-state index is 14.0. The number of aliphatic imine (C=N–C) groups is 1. The van der Waals surface area contributed by atoms with Gasteiger partial charge in [-0.1, -0.05) is 11.6 Å². The number of aryl methyl sites for hydroxylation is 2. The molecule has 17 heteroatoms. The van der Waals surface area contributed by atoms with Crippen LogP contribution in [0, 0.1) is 13.8 Å². The molecule has 5 rings (SSSR count). The van der Waals surface area contributed by atoms with Crippen LogP contribution in [0.25, 0.3) is 6.08 Å². The monoisotopic (exact) mass is 762 g/mol. The van der Waals surface area contributed by atoms with Gasteiger partial charge in [-0.2, -0.15) is 26.2 Å². The number of hydrogen-bond acceptors (Lipinski definition) is 6. The smallest absolute Gasteiger partial charge is 0.456 e. The third-order valence-corrected chi connectivity index (χ3v) is 12.4. The van der Waals surface area contributed by atoms with E-state index < -0.39 is 51.0 Å². The van der Waals surface area contributed by atoms with Gasteiger partial charge in [-0.25, -0.2) is 4.31 Å². The van der Waals surface area contributed by atoms with Crippen LogP contribution >= 0.6 is 11.6 Å². The van der Waals surface area contributed by atoms with Crippen molar-refractivity contribution < 1.29 is 50.1 Å². The zero-order valence-electron chi connectivity index (χ0n) is 28.5. The van der Waals surface area contributed by atoms with E-state index in [1.54, 1.807) is 43.9 Å². The number of piperidine rings is 2. The molecule has 0 unspecified atom stereocenters. The second kappa shape index (κ2) is 13.2. The number of likely N-dealkylation sites (tertiary alicyclic amines) is 1. The quantitative estimate of drug-likeness (QED) is 0.294. The minimum absolute atomic E-state index is 0.00251. The molecule has 0 atom stereocenters. The van der Waals surface area contributed by atoms with Crippen molar-refractivity contribution in [1.29, 1.82) is 0 Å². The Morgan fingerprint density at radius 1 is 1.06 bits per heavy atom. The van der Waals surface area contributed by atoms with Gasteiger partial charge in [-0.05, 0) is 99.6 Å². The number of alkyl halides is 5. The second-order valence-electron chi connectivity index (χ2n) is 13.9. The Morgan fingerprint density at radius 3 is 2.22 bits per heavy atom. The fourth-order valence-electron chi connectivity index (χ4n) is 6.35. The Balaban J connectivity index is 1.27. The molecule has 3 aliphatic rings. The Hall–Kier alpha value is -3.44. The maximum atomic E-state index is 14.0. The average molecular weight is 763 g/mol. The summed E-state index contributed by atoms with van der Waals surface area (Å²) in [6, 6.07) is 7.17. The number of hydrogen-bond donors (Lipinski definition) is 3. The molecule has 3 heterocycles. The first-order chi connectivity index (χ1) is 23.4. The summed E-state index contributed by atoms with van der Waals surface area (Å²) in [5, 5.41) is 13.9. The lowest BCUT2D eigenvalue weighted by molar-refractivity contribution is -0.290. The summed E-state index contributed by atoms with van der Waals surface area (Å²) in [5.74, 6) is -6.21. The van der Waals surface area contributed by atoms with E-state index in [9.17, 15) is 45.4 Å². The van der Waals surface area contributed by atoms with Crippen molar-refractivity contribution in [3.63, 3.8) is 0 Å². The Labute approximate surface area is 297 Å². The van der Waals surface area contributed by atoms with Crippen LogP contribution in [0.5, 0.6) is 5.75 Å². The summed E-state index contributed by atoms with van der Waals surface area (Å²) in [7, 11) is -4.57. The van der Waals surface area contributed by atoms with Gasteiger partial charge in [0, 0.05) is 49.0 Å². The lowest BCUT2D eigenvalue weighted by Crippen LogP contribution is -2.56. The van der Waals surface area contributed by atoms with E-state index in [4.69, 9.17) is 16.3 Å². The molecule has 0 aliphatic carbocycles. The number of aliphatic hydroxyl groups is 1. The summed E-state index contributed by atoms with van der Waals surface area (Å²) in [6.45, 7) is 4.26. The molecule has 2 fully saturated rings. The summed E-state index contributed by atoms with van der Waals surface area (Å²) in [4.78, 5) is 32.6. The normalized spacial score (nSPS) is 20.6. The molecule has 0 radical (unpaired) electrons. The van der Waals surface area contributed by atoms with Gasteiger partial charge in [-0.15, -0.1) is 9.53 Å². The van der Waals surface area contributed by atoms with Gasteiger partial charge in [0.1, 0.15) is 17.1 Å². The molecular weight excluding hydrogens is 723 g/mol. The van der Waals surface area contributed by atoms with Crippen molar-refractivity contribution in [2.75, 3.05) is 39.0 Å². The standard InChI is InChI=1S/C34H40ClF5N4O6S/c1-21-17-24(29(45)43-12-8-31(3,47)9-13-43)18-22(2)25(21)7-16-51(4,48,49)44-14-10-32(11-15-44)30(46)41-28(42-32)23-5-6-26(35)27(19-23)50-20-33(36,37)34(38,39)40/h5-7,16-19,47H,8-15,20H2,1-4H3,(H,48,49)(H,41,42,46)/b16-7+. The van der Waals surface area contributed by atoms with Crippen LogP contribution in [0.3, 0.4) is 0 Å². The highest BCUT2D eigenvalue weighted by molar-refractivity contribution is 8.15. The molecule has 2 aromatic carbocycles. The van der Waals surface area contributed by atoms with Crippen LogP contribution in [0.2, 0.25) is 5.02 Å². The van der Waals surface area contributed by atoms with Crippen LogP contribution in [-0.2, 0) is 14.3 Å². The van der Waals surface area contributed by atoms with Crippen molar-refractivity contribution in [3.05, 3.63) is 68.6 Å². The highest BCUT2D eigenvalue weighted by Crippen LogP contribution is 2.39. The zero-order valence-corrected chi connectivity index (χ0v) is 30.0. The molecule has 0 bridgehead atoms. The fraction of sp³-hybridized carbons (Fsp3) is 0.500. The number of rotatable bonds is 8. The minimum Gasteiger partial charge on any atom is -0.485 e. The SMILES string of the molecule is Cc1cc(C(=O)N2CCC(C)(O)CC2)cc(C)c1/C=C/S(C)(=O)(O)N1CCC2(CC1)N=C(c1ccc(Cl)c(OCC(F)(F)C(F)(F)F)c1)NC2=O. The van der Waals surface area contributed by atoms with E-state index >= 15 is 0 Å². The zero-order chi connectivity index (χ0) is 37.8. The molecule has 10 nitrogen and oxygen atoms in total. The lowest BCUT2D eigenvalue weighted by Gasteiger charge is -2.49. The maximum Gasteiger partial charge on any atom is 0.456 e. The molecule has 0 aromatic heterocycles. The summed E-state index contributed by atoms with van der Waals surface area (Å²) >= 11 is 5.97. The first-order valence-corrected chi connectivity index (χ1v) is 18.9. The summed E-state index contributed by atoms with van der Waals surface area (Å²) < 4.78 is 96.3. The minimum atomic E-state index is -5.82. The Bertz CT molecular complexity index is 1830. The topological polar surface area (TPSA) is 132 Å². The first-order valence-electron chi connectivity index (χ1n) is 16.2. The number of nitrogens with zero attached hydrogens (tertiary/aromatic N) is 3. The number of amides is 2. The van der Waals surface area contributed by atoms with Gasteiger partial charge in [0.25, 0.3) is 11.8 Å². The van der Waals surface area contributed by atoms with Crippen LogP contribution in [0.1, 0.15) is 65.2 Å². The molecule has 1 spiro atoms. The number of benzene rings is 2. The predicted molar refractivity (Wildman–Crippen MR) is 184 cm³/mol. The second-order valence-corrected chi connectivity index (χ2v) is 17.7. The van der Waals surface area contributed by atoms with Crippen molar-refractivity contribution in [2.45, 2.75) is 69.7 Å².